The third-order valence-electron chi connectivity index (χ3n) is 6.25. The minimum absolute atomic E-state index is 0.110. The summed E-state index contributed by atoms with van der Waals surface area (Å²) in [5, 5.41) is 3.50. The molecule has 1 aliphatic carbocycles. The number of carbonyl (C=O) groups excluding carboxylic acids is 1. The van der Waals surface area contributed by atoms with Crippen LogP contribution >= 0.6 is 0 Å². The van der Waals surface area contributed by atoms with Crippen molar-refractivity contribution >= 4 is 5.91 Å². The predicted octanol–water partition coefficient (Wildman–Crippen LogP) is 1.74. The summed E-state index contributed by atoms with van der Waals surface area (Å²) in [5.41, 5.74) is 6.15. The van der Waals surface area contributed by atoms with E-state index in [1.54, 1.807) is 0 Å². The molecule has 2 saturated heterocycles. The molecule has 120 valence electrons. The van der Waals surface area contributed by atoms with Crippen LogP contribution in [0.2, 0.25) is 0 Å². The maximum Gasteiger partial charge on any atom is 0.223 e. The molecule has 2 aliphatic heterocycles. The van der Waals surface area contributed by atoms with Gasteiger partial charge in [-0.15, -0.1) is 0 Å². The van der Waals surface area contributed by atoms with Gasteiger partial charge in [0.15, 0.2) is 0 Å². The molecule has 0 bridgehead atoms. The number of fused-ring (bicyclic) bond motifs is 1. The third-order valence-corrected chi connectivity index (χ3v) is 6.25. The Kier molecular flexibility index (Phi) is 4.85. The smallest absolute Gasteiger partial charge is 0.223 e. The van der Waals surface area contributed by atoms with Gasteiger partial charge in [0, 0.05) is 19.5 Å². The van der Waals surface area contributed by atoms with E-state index in [-0.39, 0.29) is 5.41 Å². The largest absolute Gasteiger partial charge is 0.343 e. The topological polar surface area (TPSA) is 58.4 Å². The molecule has 3 fully saturated rings. The molecule has 1 saturated carbocycles. The molecule has 2 atom stereocenters. The zero-order valence-corrected chi connectivity index (χ0v) is 13.3. The lowest BCUT2D eigenvalue weighted by atomic mass is 9.71. The molecule has 4 heteroatoms. The van der Waals surface area contributed by atoms with Crippen molar-refractivity contribution in [2.75, 3.05) is 32.7 Å². The van der Waals surface area contributed by atoms with Crippen LogP contribution < -0.4 is 11.1 Å². The van der Waals surface area contributed by atoms with E-state index in [4.69, 9.17) is 5.73 Å². The van der Waals surface area contributed by atoms with E-state index in [0.717, 1.165) is 50.9 Å². The van der Waals surface area contributed by atoms with Crippen molar-refractivity contribution in [3.8, 4) is 0 Å². The zero-order chi connectivity index (χ0) is 14.7. The van der Waals surface area contributed by atoms with Crippen molar-refractivity contribution in [1.82, 2.24) is 10.2 Å². The summed E-state index contributed by atoms with van der Waals surface area (Å²) in [6, 6.07) is 0. The number of nitrogens with zero attached hydrogens (tertiary/aromatic N) is 1. The first-order valence-electron chi connectivity index (χ1n) is 8.91. The summed E-state index contributed by atoms with van der Waals surface area (Å²) in [4.78, 5) is 14.9. The fourth-order valence-electron chi connectivity index (χ4n) is 4.65. The van der Waals surface area contributed by atoms with Crippen molar-refractivity contribution in [1.29, 1.82) is 0 Å². The maximum atomic E-state index is 12.8. The summed E-state index contributed by atoms with van der Waals surface area (Å²) in [6.07, 6.45) is 9.17. The Labute approximate surface area is 128 Å². The van der Waals surface area contributed by atoms with Crippen LogP contribution in [0.15, 0.2) is 0 Å². The van der Waals surface area contributed by atoms with Gasteiger partial charge in [-0.3, -0.25) is 4.79 Å². The van der Waals surface area contributed by atoms with Gasteiger partial charge in [0.2, 0.25) is 5.91 Å². The normalized spacial score (nSPS) is 32.5. The third kappa shape index (κ3) is 3.42. The molecule has 1 amide bonds. The highest BCUT2D eigenvalue weighted by atomic mass is 16.2. The fourth-order valence-corrected chi connectivity index (χ4v) is 4.65. The summed E-state index contributed by atoms with van der Waals surface area (Å²) < 4.78 is 0. The Morgan fingerprint density at radius 1 is 1.10 bits per heavy atom. The highest BCUT2D eigenvalue weighted by molar-refractivity contribution is 5.77. The Balaban J connectivity index is 1.57. The number of nitrogens with one attached hydrogen (secondary N) is 1. The Morgan fingerprint density at radius 3 is 2.29 bits per heavy atom. The molecule has 0 unspecified atom stereocenters. The van der Waals surface area contributed by atoms with Crippen LogP contribution in [0.25, 0.3) is 0 Å². The molecule has 4 nitrogen and oxygen atoms in total. The average molecular weight is 293 g/mol. The lowest BCUT2D eigenvalue weighted by Gasteiger charge is -2.37. The number of amides is 1. The van der Waals surface area contributed by atoms with Gasteiger partial charge in [-0.1, -0.05) is 19.3 Å². The number of hydrogen-bond acceptors (Lipinski definition) is 3. The van der Waals surface area contributed by atoms with E-state index in [1.165, 1.54) is 32.1 Å². The molecule has 0 aromatic carbocycles. The fraction of sp³-hybridized carbons (Fsp3) is 0.941. The van der Waals surface area contributed by atoms with Gasteiger partial charge >= 0.3 is 0 Å². The second-order valence-corrected chi connectivity index (χ2v) is 7.58. The van der Waals surface area contributed by atoms with Gasteiger partial charge < -0.3 is 16.0 Å². The SMILES string of the molecule is NCC1(CC(=O)N2CC[C@@H]3CNC[C@@H]3CC2)CCCCC1. The number of carbonyl (C=O) groups is 1. The minimum atomic E-state index is 0.110. The van der Waals surface area contributed by atoms with Crippen molar-refractivity contribution < 1.29 is 4.79 Å². The molecule has 2 heterocycles. The van der Waals surface area contributed by atoms with Gasteiger partial charge in [-0.05, 0) is 62.6 Å². The highest BCUT2D eigenvalue weighted by Gasteiger charge is 2.36. The second-order valence-electron chi connectivity index (χ2n) is 7.58. The molecular formula is C17H31N3O. The monoisotopic (exact) mass is 293 g/mol. The molecule has 3 aliphatic rings. The van der Waals surface area contributed by atoms with Gasteiger partial charge in [-0.2, -0.15) is 0 Å². The average Bonchev–Trinajstić information content (AvgIpc) is 2.86. The van der Waals surface area contributed by atoms with E-state index in [1.807, 2.05) is 0 Å². The lowest BCUT2D eigenvalue weighted by molar-refractivity contribution is -0.134. The quantitative estimate of drug-likeness (QED) is 0.833. The summed E-state index contributed by atoms with van der Waals surface area (Å²) in [6.45, 7) is 4.91. The van der Waals surface area contributed by atoms with Crippen molar-refractivity contribution in [2.24, 2.45) is 23.0 Å². The summed E-state index contributed by atoms with van der Waals surface area (Å²) >= 11 is 0. The van der Waals surface area contributed by atoms with Crippen molar-refractivity contribution in [3.63, 3.8) is 0 Å². The van der Waals surface area contributed by atoms with Gasteiger partial charge in [0.1, 0.15) is 0 Å². The zero-order valence-electron chi connectivity index (χ0n) is 13.3. The van der Waals surface area contributed by atoms with Crippen LogP contribution in [0.5, 0.6) is 0 Å². The lowest BCUT2D eigenvalue weighted by Crippen LogP contribution is -2.41. The molecule has 0 radical (unpaired) electrons. The number of hydrogen-bond donors (Lipinski definition) is 2. The molecule has 0 aromatic heterocycles. The second kappa shape index (κ2) is 6.66. The van der Waals surface area contributed by atoms with E-state index in [9.17, 15) is 4.79 Å². The first-order chi connectivity index (χ1) is 10.2. The van der Waals surface area contributed by atoms with E-state index < -0.39 is 0 Å². The Morgan fingerprint density at radius 2 is 1.71 bits per heavy atom. The van der Waals surface area contributed by atoms with Crippen molar-refractivity contribution in [3.05, 3.63) is 0 Å². The summed E-state index contributed by atoms with van der Waals surface area (Å²) in [5.74, 6) is 1.96. The van der Waals surface area contributed by atoms with Crippen LogP contribution in [-0.4, -0.2) is 43.5 Å². The number of likely N-dealkylation sites (tertiary alicyclic amines) is 1. The van der Waals surface area contributed by atoms with Crippen molar-refractivity contribution in [2.45, 2.75) is 51.4 Å². The molecule has 0 aromatic rings. The molecule has 3 rings (SSSR count). The minimum Gasteiger partial charge on any atom is -0.343 e. The van der Waals surface area contributed by atoms with E-state index in [0.29, 0.717) is 18.9 Å². The number of nitrogens with two attached hydrogens (primary N) is 1. The molecular weight excluding hydrogens is 262 g/mol. The Hall–Kier alpha value is -0.610. The summed E-state index contributed by atoms with van der Waals surface area (Å²) in [7, 11) is 0. The van der Waals surface area contributed by atoms with Crippen LogP contribution in [0.4, 0.5) is 0 Å². The Bertz CT molecular complexity index is 351. The predicted molar refractivity (Wildman–Crippen MR) is 84.9 cm³/mol. The van der Waals surface area contributed by atoms with Crippen LogP contribution in [0.3, 0.4) is 0 Å². The molecule has 0 spiro atoms. The van der Waals surface area contributed by atoms with E-state index >= 15 is 0 Å². The van der Waals surface area contributed by atoms with Crippen LogP contribution in [-0.2, 0) is 4.79 Å². The van der Waals surface area contributed by atoms with Crippen LogP contribution in [0, 0.1) is 17.3 Å². The first-order valence-corrected chi connectivity index (χ1v) is 8.91. The van der Waals surface area contributed by atoms with Gasteiger partial charge in [-0.25, -0.2) is 0 Å². The van der Waals surface area contributed by atoms with E-state index in [2.05, 4.69) is 10.2 Å². The van der Waals surface area contributed by atoms with Crippen LogP contribution in [0.1, 0.15) is 51.4 Å². The number of rotatable bonds is 3. The van der Waals surface area contributed by atoms with Gasteiger partial charge in [0.05, 0.1) is 0 Å². The molecule has 3 N–H and O–H groups in total. The highest BCUT2D eigenvalue weighted by Crippen LogP contribution is 2.39. The maximum absolute atomic E-state index is 12.8. The molecule has 21 heavy (non-hydrogen) atoms. The first kappa shape index (κ1) is 15.3. The standard InChI is InChI=1S/C17H31N3O/c18-13-17(6-2-1-3-7-17)10-16(21)20-8-4-14-11-19-12-15(14)5-9-20/h14-15,19H,1-13,18H2/t14-,15+. The van der Waals surface area contributed by atoms with Gasteiger partial charge in [0.25, 0.3) is 0 Å².